The van der Waals surface area contributed by atoms with E-state index in [1.54, 1.807) is 6.07 Å². The van der Waals surface area contributed by atoms with Crippen LogP contribution in [0, 0.1) is 17.5 Å². The zero-order chi connectivity index (χ0) is 12.7. The van der Waals surface area contributed by atoms with Crippen LogP contribution in [0.25, 0.3) is 16.7 Å². The van der Waals surface area contributed by atoms with Gasteiger partial charge in [-0.15, -0.1) is 0 Å². The molecule has 0 aliphatic carbocycles. The number of aromatic nitrogens is 2. The van der Waals surface area contributed by atoms with Crippen molar-refractivity contribution in [1.82, 2.24) is 9.55 Å². The second kappa shape index (κ2) is 4.07. The van der Waals surface area contributed by atoms with Crippen LogP contribution in [0.2, 0.25) is 0 Å². The van der Waals surface area contributed by atoms with Gasteiger partial charge in [-0.2, -0.15) is 0 Å². The molecule has 18 heavy (non-hydrogen) atoms. The van der Waals surface area contributed by atoms with Crippen molar-refractivity contribution in [2.45, 2.75) is 6.92 Å². The molecule has 0 bridgehead atoms. The third-order valence-electron chi connectivity index (χ3n) is 3.02. The van der Waals surface area contributed by atoms with Crippen LogP contribution in [0.4, 0.5) is 4.39 Å². The van der Waals surface area contributed by atoms with E-state index in [2.05, 4.69) is 4.98 Å². The molecule has 0 unspecified atom stereocenters. The van der Waals surface area contributed by atoms with Crippen molar-refractivity contribution in [2.24, 2.45) is 0 Å². The Hall–Kier alpha value is -1.94. The Morgan fingerprint density at radius 1 is 1.11 bits per heavy atom. The van der Waals surface area contributed by atoms with Gasteiger partial charge in [0.1, 0.15) is 11.3 Å². The Morgan fingerprint density at radius 2 is 1.89 bits per heavy atom. The first-order valence-electron chi connectivity index (χ1n) is 5.64. The maximum Gasteiger partial charge on any atom is 0.182 e. The lowest BCUT2D eigenvalue weighted by Crippen LogP contribution is -1.96. The van der Waals surface area contributed by atoms with Crippen LogP contribution >= 0.6 is 12.2 Å². The van der Waals surface area contributed by atoms with Gasteiger partial charge in [0.25, 0.3) is 0 Å². The number of H-pyrrole nitrogens is 1. The summed E-state index contributed by atoms with van der Waals surface area (Å²) in [5.74, 6) is -0.286. The van der Waals surface area contributed by atoms with E-state index in [0.717, 1.165) is 16.8 Å². The number of nitrogens with one attached hydrogen (secondary N) is 1. The van der Waals surface area contributed by atoms with Crippen molar-refractivity contribution in [1.29, 1.82) is 0 Å². The van der Waals surface area contributed by atoms with E-state index in [4.69, 9.17) is 12.2 Å². The molecule has 1 aromatic heterocycles. The molecule has 90 valence electrons. The van der Waals surface area contributed by atoms with E-state index in [9.17, 15) is 4.39 Å². The van der Waals surface area contributed by atoms with Crippen molar-refractivity contribution in [3.63, 3.8) is 0 Å². The average molecular weight is 258 g/mol. The molecule has 3 rings (SSSR count). The Balaban J connectivity index is 2.44. The molecular formula is C14H11FN2S. The molecule has 0 amide bonds. The Labute approximate surface area is 109 Å². The molecule has 3 aromatic rings. The summed E-state index contributed by atoms with van der Waals surface area (Å²) in [7, 11) is 0. The number of para-hydroxylation sites is 2. The van der Waals surface area contributed by atoms with E-state index in [1.165, 1.54) is 6.07 Å². The van der Waals surface area contributed by atoms with Crippen LogP contribution in [0.5, 0.6) is 0 Å². The molecule has 0 saturated carbocycles. The molecule has 1 heterocycles. The normalized spacial score (nSPS) is 11.0. The molecule has 0 aliphatic heterocycles. The first-order chi connectivity index (χ1) is 8.68. The Bertz CT molecular complexity index is 786. The van der Waals surface area contributed by atoms with Crippen molar-refractivity contribution in [3.05, 3.63) is 58.6 Å². The topological polar surface area (TPSA) is 20.7 Å². The molecule has 4 heteroatoms. The summed E-state index contributed by atoms with van der Waals surface area (Å²) in [4.78, 5) is 2.92. The number of hydrogen-bond donors (Lipinski definition) is 1. The average Bonchev–Trinajstić information content (AvgIpc) is 2.68. The standard InChI is InChI=1S/C14H11FN2S/c1-9-5-2-3-7-11(9)17-12-8-4-6-10(15)13(12)16-14(17)18/h2-8H,1H3,(H,16,18). The number of benzene rings is 2. The minimum absolute atomic E-state index is 0.286. The highest BCUT2D eigenvalue weighted by molar-refractivity contribution is 7.71. The lowest BCUT2D eigenvalue weighted by atomic mass is 10.2. The smallest absolute Gasteiger partial charge is 0.182 e. The number of aryl methyl sites for hydroxylation is 1. The van der Waals surface area contributed by atoms with Gasteiger partial charge in [0.05, 0.1) is 11.2 Å². The fourth-order valence-corrected chi connectivity index (χ4v) is 2.45. The fourth-order valence-electron chi connectivity index (χ4n) is 2.15. The van der Waals surface area contributed by atoms with Crippen molar-refractivity contribution in [3.8, 4) is 5.69 Å². The summed E-state index contributed by atoms with van der Waals surface area (Å²) in [6.07, 6.45) is 0. The van der Waals surface area contributed by atoms with Gasteiger partial charge in [0.15, 0.2) is 4.77 Å². The second-order valence-electron chi connectivity index (χ2n) is 4.19. The largest absolute Gasteiger partial charge is 0.328 e. The highest BCUT2D eigenvalue weighted by atomic mass is 32.1. The lowest BCUT2D eigenvalue weighted by Gasteiger charge is -2.07. The Kier molecular flexibility index (Phi) is 2.52. The summed E-state index contributed by atoms with van der Waals surface area (Å²) in [5.41, 5.74) is 3.28. The van der Waals surface area contributed by atoms with Crippen molar-refractivity contribution in [2.75, 3.05) is 0 Å². The van der Waals surface area contributed by atoms with E-state index in [1.807, 2.05) is 41.8 Å². The third-order valence-corrected chi connectivity index (χ3v) is 3.31. The monoisotopic (exact) mass is 258 g/mol. The van der Waals surface area contributed by atoms with Gasteiger partial charge < -0.3 is 4.98 Å². The number of nitrogens with zero attached hydrogens (tertiary/aromatic N) is 1. The van der Waals surface area contributed by atoms with Crippen LogP contribution in [-0.2, 0) is 0 Å². The van der Waals surface area contributed by atoms with Crippen LogP contribution in [0.15, 0.2) is 42.5 Å². The zero-order valence-electron chi connectivity index (χ0n) is 9.77. The molecule has 0 saturated heterocycles. The van der Waals surface area contributed by atoms with Gasteiger partial charge in [-0.05, 0) is 42.9 Å². The molecule has 0 aliphatic rings. The molecule has 2 nitrogen and oxygen atoms in total. The molecule has 0 atom stereocenters. The van der Waals surface area contributed by atoms with E-state index in [-0.39, 0.29) is 5.82 Å². The van der Waals surface area contributed by atoms with Gasteiger partial charge in [-0.25, -0.2) is 4.39 Å². The van der Waals surface area contributed by atoms with Crippen LogP contribution in [0.3, 0.4) is 0 Å². The van der Waals surface area contributed by atoms with Gasteiger partial charge in [-0.3, -0.25) is 4.57 Å². The molecular weight excluding hydrogens is 247 g/mol. The number of halogens is 1. The maximum atomic E-state index is 13.7. The van der Waals surface area contributed by atoms with E-state index < -0.39 is 0 Å². The van der Waals surface area contributed by atoms with Crippen molar-refractivity contribution < 1.29 is 4.39 Å². The molecule has 2 aromatic carbocycles. The number of imidazole rings is 1. The number of hydrogen-bond acceptors (Lipinski definition) is 1. The number of aromatic amines is 1. The van der Waals surface area contributed by atoms with Gasteiger partial charge >= 0.3 is 0 Å². The summed E-state index contributed by atoms with van der Waals surface area (Å²) < 4.78 is 16.1. The van der Waals surface area contributed by atoms with Gasteiger partial charge in [0, 0.05) is 0 Å². The molecule has 0 spiro atoms. The first-order valence-corrected chi connectivity index (χ1v) is 6.04. The molecule has 0 radical (unpaired) electrons. The van der Waals surface area contributed by atoms with Gasteiger partial charge in [-0.1, -0.05) is 24.3 Å². The van der Waals surface area contributed by atoms with E-state index in [0.29, 0.717) is 10.3 Å². The summed E-state index contributed by atoms with van der Waals surface area (Å²) in [5, 5.41) is 0. The van der Waals surface area contributed by atoms with Crippen LogP contribution in [0.1, 0.15) is 5.56 Å². The van der Waals surface area contributed by atoms with Gasteiger partial charge in [0.2, 0.25) is 0 Å². The quantitative estimate of drug-likeness (QED) is 0.651. The van der Waals surface area contributed by atoms with Crippen LogP contribution in [-0.4, -0.2) is 9.55 Å². The predicted molar refractivity (Wildman–Crippen MR) is 73.2 cm³/mol. The number of fused-ring (bicyclic) bond motifs is 1. The van der Waals surface area contributed by atoms with Crippen molar-refractivity contribution >= 4 is 23.3 Å². The minimum atomic E-state index is -0.286. The summed E-state index contributed by atoms with van der Waals surface area (Å²) in [6.45, 7) is 2.01. The van der Waals surface area contributed by atoms with E-state index >= 15 is 0 Å². The summed E-state index contributed by atoms with van der Waals surface area (Å²) >= 11 is 5.29. The zero-order valence-corrected chi connectivity index (χ0v) is 10.6. The lowest BCUT2D eigenvalue weighted by molar-refractivity contribution is 0.637. The fraction of sp³-hybridized carbons (Fsp3) is 0.0714. The first kappa shape index (κ1) is 11.2. The SMILES string of the molecule is Cc1ccccc1-n1c(=S)[nH]c2c(F)cccc21. The highest BCUT2D eigenvalue weighted by Crippen LogP contribution is 2.23. The molecule has 1 N–H and O–H groups in total. The minimum Gasteiger partial charge on any atom is -0.328 e. The predicted octanol–water partition coefficient (Wildman–Crippen LogP) is 4.14. The second-order valence-corrected chi connectivity index (χ2v) is 4.57. The third kappa shape index (κ3) is 1.57. The highest BCUT2D eigenvalue weighted by Gasteiger charge is 2.10. The number of rotatable bonds is 1. The summed E-state index contributed by atoms with van der Waals surface area (Å²) in [6, 6.07) is 12.9. The Morgan fingerprint density at radius 3 is 2.67 bits per heavy atom. The molecule has 0 fully saturated rings. The van der Waals surface area contributed by atoms with Crippen LogP contribution < -0.4 is 0 Å². The maximum absolute atomic E-state index is 13.7.